The zero-order valence-electron chi connectivity index (χ0n) is 8.75. The molecule has 2 saturated heterocycles. The molecule has 0 amide bonds. The minimum atomic E-state index is -0.926. The van der Waals surface area contributed by atoms with Crippen LogP contribution in [-0.2, 0) is 14.2 Å². The van der Waals surface area contributed by atoms with Crippen LogP contribution in [0.15, 0.2) is 5.18 Å². The Balaban J connectivity index is 2.02. The van der Waals surface area contributed by atoms with E-state index < -0.39 is 24.2 Å². The van der Waals surface area contributed by atoms with Gasteiger partial charge in [-0.3, -0.25) is 0 Å². The first-order valence-electron chi connectivity index (χ1n) is 4.99. The first kappa shape index (κ1) is 10.9. The summed E-state index contributed by atoms with van der Waals surface area (Å²) in [7, 11) is 0. The number of aliphatic hydroxyl groups is 1. The van der Waals surface area contributed by atoms with Crippen LogP contribution >= 0.6 is 0 Å². The highest BCUT2D eigenvalue weighted by molar-refractivity contribution is 4.92. The van der Waals surface area contributed by atoms with Gasteiger partial charge in [0.05, 0.1) is 6.61 Å². The average molecular weight is 217 g/mol. The fourth-order valence-corrected chi connectivity index (χ4v) is 1.98. The highest BCUT2D eigenvalue weighted by atomic mass is 16.8. The molecule has 2 fully saturated rings. The molecule has 1 unspecified atom stereocenters. The van der Waals surface area contributed by atoms with Crippen LogP contribution in [0.3, 0.4) is 0 Å². The Hall–Kier alpha value is -0.560. The van der Waals surface area contributed by atoms with E-state index in [1.54, 1.807) is 13.8 Å². The third kappa shape index (κ3) is 2.17. The maximum Gasteiger partial charge on any atom is 0.163 e. The van der Waals surface area contributed by atoms with Gasteiger partial charge in [0.15, 0.2) is 12.1 Å². The molecule has 6 heteroatoms. The van der Waals surface area contributed by atoms with Gasteiger partial charge in [-0.25, -0.2) is 0 Å². The fraction of sp³-hybridized carbons (Fsp3) is 1.00. The molecule has 0 aromatic carbocycles. The number of hydrogen-bond acceptors (Lipinski definition) is 6. The minimum Gasteiger partial charge on any atom is -0.368 e. The third-order valence-corrected chi connectivity index (χ3v) is 2.67. The van der Waals surface area contributed by atoms with Crippen LogP contribution < -0.4 is 0 Å². The van der Waals surface area contributed by atoms with Gasteiger partial charge in [-0.15, -0.1) is 0 Å². The minimum absolute atomic E-state index is 0.231. The highest BCUT2D eigenvalue weighted by Gasteiger charge is 2.46. The summed E-state index contributed by atoms with van der Waals surface area (Å²) in [6.45, 7) is 3.94. The van der Waals surface area contributed by atoms with E-state index in [4.69, 9.17) is 14.2 Å². The summed E-state index contributed by atoms with van der Waals surface area (Å²) in [6.07, 6.45) is -1.53. The number of aliphatic hydroxyl groups excluding tert-OH is 1. The maximum atomic E-state index is 10.5. The van der Waals surface area contributed by atoms with Crippen LogP contribution in [0.4, 0.5) is 0 Å². The van der Waals surface area contributed by atoms with E-state index in [0.29, 0.717) is 6.61 Å². The lowest BCUT2D eigenvalue weighted by Crippen LogP contribution is -2.36. The zero-order valence-corrected chi connectivity index (χ0v) is 8.75. The van der Waals surface area contributed by atoms with E-state index in [1.165, 1.54) is 0 Å². The predicted molar refractivity (Wildman–Crippen MR) is 50.0 cm³/mol. The lowest BCUT2D eigenvalue weighted by molar-refractivity contribution is -0.169. The molecular weight excluding hydrogens is 202 g/mol. The van der Waals surface area contributed by atoms with Gasteiger partial charge in [0.2, 0.25) is 0 Å². The van der Waals surface area contributed by atoms with Crippen molar-refractivity contribution >= 4 is 0 Å². The Morgan fingerprint density at radius 3 is 2.73 bits per heavy atom. The second-order valence-corrected chi connectivity index (χ2v) is 4.33. The molecule has 15 heavy (non-hydrogen) atoms. The van der Waals surface area contributed by atoms with Crippen molar-refractivity contribution in [3.63, 3.8) is 0 Å². The van der Waals surface area contributed by atoms with Crippen molar-refractivity contribution in [2.24, 2.45) is 5.18 Å². The van der Waals surface area contributed by atoms with Crippen molar-refractivity contribution in [2.45, 2.75) is 50.6 Å². The number of rotatable bonds is 2. The van der Waals surface area contributed by atoms with Gasteiger partial charge >= 0.3 is 0 Å². The molecule has 0 aliphatic carbocycles. The van der Waals surface area contributed by atoms with Crippen LogP contribution in [0.2, 0.25) is 0 Å². The van der Waals surface area contributed by atoms with Crippen LogP contribution in [-0.4, -0.2) is 42.0 Å². The van der Waals surface area contributed by atoms with Gasteiger partial charge in [0.25, 0.3) is 0 Å². The van der Waals surface area contributed by atoms with Gasteiger partial charge in [-0.05, 0) is 13.8 Å². The monoisotopic (exact) mass is 217 g/mol. The molecule has 86 valence electrons. The largest absolute Gasteiger partial charge is 0.368 e. The van der Waals surface area contributed by atoms with E-state index in [0.717, 1.165) is 0 Å². The van der Waals surface area contributed by atoms with E-state index in [2.05, 4.69) is 5.18 Å². The molecule has 6 nitrogen and oxygen atoms in total. The molecule has 2 rings (SSSR count). The van der Waals surface area contributed by atoms with Crippen LogP contribution in [0.5, 0.6) is 0 Å². The smallest absolute Gasteiger partial charge is 0.163 e. The molecule has 0 aromatic rings. The molecule has 0 bridgehead atoms. The van der Waals surface area contributed by atoms with Gasteiger partial charge in [0.1, 0.15) is 18.2 Å². The van der Waals surface area contributed by atoms with Crippen molar-refractivity contribution < 1.29 is 19.3 Å². The Morgan fingerprint density at radius 2 is 2.20 bits per heavy atom. The van der Waals surface area contributed by atoms with Gasteiger partial charge in [-0.1, -0.05) is 5.18 Å². The van der Waals surface area contributed by atoms with E-state index >= 15 is 0 Å². The van der Waals surface area contributed by atoms with Crippen molar-refractivity contribution in [3.8, 4) is 0 Å². The van der Waals surface area contributed by atoms with Crippen molar-refractivity contribution in [3.05, 3.63) is 4.91 Å². The summed E-state index contributed by atoms with van der Waals surface area (Å²) in [6, 6.07) is -0.553. The number of ether oxygens (including phenoxy) is 3. The summed E-state index contributed by atoms with van der Waals surface area (Å²) in [5.41, 5.74) is 0. The van der Waals surface area contributed by atoms with E-state index in [-0.39, 0.29) is 12.5 Å². The summed E-state index contributed by atoms with van der Waals surface area (Å²) in [4.78, 5) is 10.5. The van der Waals surface area contributed by atoms with Crippen LogP contribution in [0, 0.1) is 4.91 Å². The molecule has 2 aliphatic rings. The molecule has 0 radical (unpaired) electrons. The molecule has 2 heterocycles. The number of hydrogen-bond donors (Lipinski definition) is 1. The van der Waals surface area contributed by atoms with Gasteiger partial charge in [-0.2, -0.15) is 4.91 Å². The Kier molecular flexibility index (Phi) is 2.76. The standard InChI is InChI=1S/C9H15NO5/c1-9(2)13-4-6(15-9)8-5(10-12)3-7(11)14-8/h5-8,11H,3-4H2,1-2H3/t5-,6?,7+,8+/m1/s1. The first-order chi connectivity index (χ1) is 7.02. The van der Waals surface area contributed by atoms with Crippen LogP contribution in [0.25, 0.3) is 0 Å². The summed E-state index contributed by atoms with van der Waals surface area (Å²) >= 11 is 0. The summed E-state index contributed by atoms with van der Waals surface area (Å²) in [5, 5.41) is 12.2. The molecule has 0 saturated carbocycles. The lowest BCUT2D eigenvalue weighted by atomic mass is 10.1. The molecule has 0 aromatic heterocycles. The first-order valence-corrected chi connectivity index (χ1v) is 4.99. The zero-order chi connectivity index (χ0) is 11.1. The molecular formula is C9H15NO5. The predicted octanol–water partition coefficient (Wildman–Crippen LogP) is 0.380. The molecule has 4 atom stereocenters. The van der Waals surface area contributed by atoms with Crippen molar-refractivity contribution in [1.82, 2.24) is 0 Å². The topological polar surface area (TPSA) is 77.4 Å². The van der Waals surface area contributed by atoms with Gasteiger partial charge in [0, 0.05) is 6.42 Å². The number of nitrogens with zero attached hydrogens (tertiary/aromatic N) is 1. The van der Waals surface area contributed by atoms with Crippen molar-refractivity contribution in [1.29, 1.82) is 0 Å². The number of nitroso groups, excluding NO2 is 1. The second kappa shape index (κ2) is 3.79. The lowest BCUT2D eigenvalue weighted by Gasteiger charge is -2.21. The Labute approximate surface area is 87.5 Å². The van der Waals surface area contributed by atoms with Crippen LogP contribution in [0.1, 0.15) is 20.3 Å². The highest BCUT2D eigenvalue weighted by Crippen LogP contribution is 2.32. The fourth-order valence-electron chi connectivity index (χ4n) is 1.98. The molecule has 0 spiro atoms. The second-order valence-electron chi connectivity index (χ2n) is 4.33. The summed E-state index contributed by atoms with van der Waals surface area (Å²) in [5.74, 6) is -0.658. The molecule has 1 N–H and O–H groups in total. The van der Waals surface area contributed by atoms with Gasteiger partial charge < -0.3 is 19.3 Å². The average Bonchev–Trinajstić information content (AvgIpc) is 2.68. The Bertz CT molecular complexity index is 257. The Morgan fingerprint density at radius 1 is 1.47 bits per heavy atom. The van der Waals surface area contributed by atoms with Crippen molar-refractivity contribution in [2.75, 3.05) is 6.61 Å². The quantitative estimate of drug-likeness (QED) is 0.676. The normalized spacial score (nSPS) is 44.5. The van der Waals surface area contributed by atoms with E-state index in [1.807, 2.05) is 0 Å². The maximum absolute atomic E-state index is 10.5. The summed E-state index contributed by atoms with van der Waals surface area (Å²) < 4.78 is 16.1. The van der Waals surface area contributed by atoms with E-state index in [9.17, 15) is 10.0 Å². The SMILES string of the molecule is CC1(C)OCC([C@H]2O[C@H](O)C[C@H]2N=O)O1. The molecule has 2 aliphatic heterocycles. The third-order valence-electron chi connectivity index (χ3n) is 2.67.